The van der Waals surface area contributed by atoms with Gasteiger partial charge in [0, 0.05) is 51.7 Å². The van der Waals surface area contributed by atoms with Gasteiger partial charge in [-0.2, -0.15) is 0 Å². The lowest BCUT2D eigenvalue weighted by molar-refractivity contribution is 0.250. The Morgan fingerprint density at radius 2 is 1.85 bits per heavy atom. The van der Waals surface area contributed by atoms with Crippen LogP contribution >= 0.6 is 11.5 Å². The number of aromatic nitrogens is 3. The highest BCUT2D eigenvalue weighted by atomic mass is 32.1. The maximum Gasteiger partial charge on any atom is 0.268 e. The van der Waals surface area contributed by atoms with Gasteiger partial charge in [0.1, 0.15) is 5.82 Å². The molecule has 0 unspecified atom stereocenters. The summed E-state index contributed by atoms with van der Waals surface area (Å²) in [7, 11) is 0. The van der Waals surface area contributed by atoms with Crippen LogP contribution in [-0.4, -0.2) is 51.5 Å². The summed E-state index contributed by atoms with van der Waals surface area (Å²) in [5.41, 5.74) is -0.0176. The molecule has 0 atom stereocenters. The predicted octanol–water partition coefficient (Wildman–Crippen LogP) is 2.20. The van der Waals surface area contributed by atoms with Crippen LogP contribution in [0.4, 0.5) is 10.3 Å². The van der Waals surface area contributed by atoms with Gasteiger partial charge in [-0.25, -0.2) is 14.4 Å². The minimum atomic E-state index is -0.300. The van der Waals surface area contributed by atoms with Gasteiger partial charge in [0.2, 0.25) is 5.95 Å². The number of halogens is 1. The molecule has 0 N–H and O–H groups in total. The van der Waals surface area contributed by atoms with Crippen LogP contribution in [0.15, 0.2) is 41.5 Å². The highest BCUT2D eigenvalue weighted by molar-refractivity contribution is 7.13. The van der Waals surface area contributed by atoms with E-state index >= 15 is 0 Å². The molecule has 0 amide bonds. The Hall–Kier alpha value is -2.32. The second-order valence-corrected chi connectivity index (χ2v) is 7.43. The Kier molecular flexibility index (Phi) is 4.94. The summed E-state index contributed by atoms with van der Waals surface area (Å²) in [5, 5.41) is 0.605. The van der Waals surface area contributed by atoms with Crippen molar-refractivity contribution in [1.29, 1.82) is 0 Å². The first kappa shape index (κ1) is 17.1. The van der Waals surface area contributed by atoms with E-state index in [4.69, 9.17) is 0 Å². The zero-order valence-electron chi connectivity index (χ0n) is 14.3. The van der Waals surface area contributed by atoms with Crippen molar-refractivity contribution in [3.8, 4) is 0 Å². The molecule has 1 aliphatic rings. The van der Waals surface area contributed by atoms with Crippen molar-refractivity contribution < 1.29 is 4.39 Å². The molecular formula is C18H20FN5OS. The van der Waals surface area contributed by atoms with Crippen molar-refractivity contribution in [2.45, 2.75) is 13.0 Å². The van der Waals surface area contributed by atoms with Gasteiger partial charge in [-0.3, -0.25) is 13.7 Å². The lowest BCUT2D eigenvalue weighted by Gasteiger charge is -2.34. The molecule has 0 spiro atoms. The fourth-order valence-electron chi connectivity index (χ4n) is 3.25. The van der Waals surface area contributed by atoms with E-state index in [1.807, 2.05) is 6.07 Å². The average molecular weight is 373 g/mol. The molecule has 136 valence electrons. The van der Waals surface area contributed by atoms with E-state index in [0.717, 1.165) is 45.1 Å². The number of benzene rings is 1. The second kappa shape index (κ2) is 7.51. The monoisotopic (exact) mass is 373 g/mol. The van der Waals surface area contributed by atoms with E-state index in [1.54, 1.807) is 22.4 Å². The molecule has 8 heteroatoms. The van der Waals surface area contributed by atoms with Crippen molar-refractivity contribution in [2.24, 2.45) is 0 Å². The third kappa shape index (κ3) is 3.61. The fourth-order valence-corrected chi connectivity index (χ4v) is 4.31. The molecule has 3 heterocycles. The van der Waals surface area contributed by atoms with E-state index in [0.29, 0.717) is 16.6 Å². The SMILES string of the molecule is O=c1c2ccc(F)cc2sn1CCCN1CCN(c2ncccn2)CC1. The second-order valence-electron chi connectivity index (χ2n) is 6.37. The first-order chi connectivity index (χ1) is 12.7. The Morgan fingerprint density at radius 1 is 1.08 bits per heavy atom. The molecule has 26 heavy (non-hydrogen) atoms. The molecule has 4 rings (SSSR count). The van der Waals surface area contributed by atoms with Crippen LogP contribution in [0.5, 0.6) is 0 Å². The molecule has 0 saturated carbocycles. The lowest BCUT2D eigenvalue weighted by Crippen LogP contribution is -2.47. The predicted molar refractivity (Wildman–Crippen MR) is 101 cm³/mol. The Morgan fingerprint density at radius 3 is 2.62 bits per heavy atom. The number of hydrogen-bond acceptors (Lipinski definition) is 6. The average Bonchev–Trinajstić information content (AvgIpc) is 2.98. The van der Waals surface area contributed by atoms with Gasteiger partial charge in [0.05, 0.1) is 10.1 Å². The van der Waals surface area contributed by atoms with E-state index in [9.17, 15) is 9.18 Å². The van der Waals surface area contributed by atoms with Crippen LogP contribution in [-0.2, 0) is 6.54 Å². The van der Waals surface area contributed by atoms with E-state index in [-0.39, 0.29) is 11.4 Å². The summed E-state index contributed by atoms with van der Waals surface area (Å²) in [6, 6.07) is 6.18. The highest BCUT2D eigenvalue weighted by Gasteiger charge is 2.18. The molecule has 1 aromatic carbocycles. The summed E-state index contributed by atoms with van der Waals surface area (Å²) in [5.74, 6) is 0.488. The molecule has 0 aliphatic carbocycles. The molecule has 1 saturated heterocycles. The van der Waals surface area contributed by atoms with Gasteiger partial charge >= 0.3 is 0 Å². The minimum absolute atomic E-state index is 0.0176. The summed E-state index contributed by atoms with van der Waals surface area (Å²) in [6.07, 6.45) is 4.43. The Balaban J connectivity index is 1.29. The zero-order valence-corrected chi connectivity index (χ0v) is 15.2. The maximum atomic E-state index is 13.3. The summed E-state index contributed by atoms with van der Waals surface area (Å²) in [6.45, 7) is 5.36. The van der Waals surface area contributed by atoms with Gasteiger partial charge in [-0.15, -0.1) is 0 Å². The topological polar surface area (TPSA) is 54.3 Å². The highest BCUT2D eigenvalue weighted by Crippen LogP contribution is 2.18. The molecule has 1 aliphatic heterocycles. The summed E-state index contributed by atoms with van der Waals surface area (Å²) < 4.78 is 15.8. The van der Waals surface area contributed by atoms with Crippen molar-refractivity contribution in [3.63, 3.8) is 0 Å². The van der Waals surface area contributed by atoms with Crippen molar-refractivity contribution >= 4 is 27.6 Å². The number of rotatable bonds is 5. The van der Waals surface area contributed by atoms with Crippen molar-refractivity contribution in [3.05, 3.63) is 52.8 Å². The Bertz CT molecular complexity index is 934. The quantitative estimate of drug-likeness (QED) is 0.686. The van der Waals surface area contributed by atoms with Gasteiger partial charge in [-0.05, 0) is 30.7 Å². The van der Waals surface area contributed by atoms with Crippen molar-refractivity contribution in [2.75, 3.05) is 37.6 Å². The number of fused-ring (bicyclic) bond motifs is 1. The van der Waals surface area contributed by atoms with Crippen LogP contribution in [0.1, 0.15) is 6.42 Å². The van der Waals surface area contributed by atoms with Gasteiger partial charge in [0.25, 0.3) is 5.56 Å². The molecule has 3 aromatic rings. The molecule has 6 nitrogen and oxygen atoms in total. The largest absolute Gasteiger partial charge is 0.338 e. The third-order valence-corrected chi connectivity index (χ3v) is 5.76. The molecule has 1 fully saturated rings. The summed E-state index contributed by atoms with van der Waals surface area (Å²) in [4.78, 5) is 25.5. The molecule has 0 bridgehead atoms. The van der Waals surface area contributed by atoms with Gasteiger partial charge in [-0.1, -0.05) is 11.5 Å². The van der Waals surface area contributed by atoms with Crippen LogP contribution < -0.4 is 10.5 Å². The van der Waals surface area contributed by atoms with Gasteiger partial charge in [0.15, 0.2) is 0 Å². The van der Waals surface area contributed by atoms with E-state index in [1.165, 1.54) is 23.7 Å². The maximum absolute atomic E-state index is 13.3. The zero-order chi connectivity index (χ0) is 17.9. The van der Waals surface area contributed by atoms with E-state index in [2.05, 4.69) is 19.8 Å². The standard InChI is InChI=1S/C18H20FN5OS/c19-14-3-4-15-16(13-14)26-24(17(15)25)8-2-7-22-9-11-23(12-10-22)18-20-5-1-6-21-18/h1,3-6,13H,2,7-12H2. The van der Waals surface area contributed by atoms with Gasteiger partial charge < -0.3 is 4.90 Å². The normalized spacial score (nSPS) is 15.7. The number of anilines is 1. The minimum Gasteiger partial charge on any atom is -0.338 e. The van der Waals surface area contributed by atoms with Crippen LogP contribution in [0.25, 0.3) is 10.1 Å². The molecule has 2 aromatic heterocycles. The van der Waals surface area contributed by atoms with E-state index < -0.39 is 0 Å². The summed E-state index contributed by atoms with van der Waals surface area (Å²) >= 11 is 1.34. The first-order valence-electron chi connectivity index (χ1n) is 8.74. The number of hydrogen-bond donors (Lipinski definition) is 0. The van der Waals surface area contributed by atoms with Crippen LogP contribution in [0.3, 0.4) is 0 Å². The fraction of sp³-hybridized carbons (Fsp3) is 0.389. The molecular weight excluding hydrogens is 353 g/mol. The third-order valence-electron chi connectivity index (χ3n) is 4.65. The number of aryl methyl sites for hydroxylation is 1. The van der Waals surface area contributed by atoms with Crippen molar-refractivity contribution in [1.82, 2.24) is 18.8 Å². The number of nitrogens with zero attached hydrogens (tertiary/aromatic N) is 5. The number of piperazine rings is 1. The Labute approximate surface area is 154 Å². The van der Waals surface area contributed by atoms with Crippen LogP contribution in [0, 0.1) is 5.82 Å². The van der Waals surface area contributed by atoms with Crippen LogP contribution in [0.2, 0.25) is 0 Å². The first-order valence-corrected chi connectivity index (χ1v) is 9.52. The molecule has 0 radical (unpaired) electrons. The smallest absolute Gasteiger partial charge is 0.268 e. The lowest BCUT2D eigenvalue weighted by atomic mass is 10.2.